The van der Waals surface area contributed by atoms with E-state index in [0.717, 1.165) is 25.1 Å². The third-order valence-electron chi connectivity index (χ3n) is 5.78. The summed E-state index contributed by atoms with van der Waals surface area (Å²) in [6.45, 7) is 0.748. The quantitative estimate of drug-likeness (QED) is 0.700. The lowest BCUT2D eigenvalue weighted by Gasteiger charge is -2.21. The summed E-state index contributed by atoms with van der Waals surface area (Å²) in [5.41, 5.74) is 1.79. The topological polar surface area (TPSA) is 119 Å². The van der Waals surface area contributed by atoms with Crippen LogP contribution < -0.4 is 5.56 Å². The van der Waals surface area contributed by atoms with E-state index < -0.39 is 5.97 Å². The smallest absolute Gasteiger partial charge is 0.338 e. The van der Waals surface area contributed by atoms with Crippen LogP contribution in [0.25, 0.3) is 17.0 Å². The van der Waals surface area contributed by atoms with Gasteiger partial charge in [-0.2, -0.15) is 10.2 Å². The molecule has 0 aliphatic heterocycles. The van der Waals surface area contributed by atoms with E-state index in [1.54, 1.807) is 0 Å². The highest BCUT2D eigenvalue weighted by atomic mass is 16.4. The maximum atomic E-state index is 12.9. The van der Waals surface area contributed by atoms with Crippen LogP contribution >= 0.6 is 0 Å². The summed E-state index contributed by atoms with van der Waals surface area (Å²) in [4.78, 5) is 31.4. The van der Waals surface area contributed by atoms with Gasteiger partial charge in [0.2, 0.25) is 5.95 Å². The number of aromatic nitrogens is 6. The largest absolute Gasteiger partial charge is 0.478 e. The Morgan fingerprint density at radius 3 is 2.68 bits per heavy atom. The third-order valence-corrected chi connectivity index (χ3v) is 5.78. The Kier molecular flexibility index (Phi) is 4.03. The fraction of sp³-hybridized carbons (Fsp3) is 0.526. The summed E-state index contributed by atoms with van der Waals surface area (Å²) in [5, 5.41) is 17.9. The van der Waals surface area contributed by atoms with Crippen LogP contribution in [-0.4, -0.2) is 40.6 Å². The molecule has 0 saturated heterocycles. The fourth-order valence-electron chi connectivity index (χ4n) is 4.14. The van der Waals surface area contributed by atoms with Crippen LogP contribution in [0.15, 0.2) is 17.2 Å². The molecule has 5 rings (SSSR count). The Morgan fingerprint density at radius 1 is 1.21 bits per heavy atom. The summed E-state index contributed by atoms with van der Waals surface area (Å²) < 4.78 is 3.14. The van der Waals surface area contributed by atoms with Crippen molar-refractivity contribution in [2.45, 2.75) is 57.4 Å². The average Bonchev–Trinajstić information content (AvgIpc) is 3.28. The van der Waals surface area contributed by atoms with Crippen LogP contribution in [0.3, 0.4) is 0 Å². The van der Waals surface area contributed by atoms with Gasteiger partial charge in [0.25, 0.3) is 5.56 Å². The second-order valence-corrected chi connectivity index (χ2v) is 7.91. The Bertz CT molecular complexity index is 1100. The Labute approximate surface area is 160 Å². The van der Waals surface area contributed by atoms with Gasteiger partial charge in [-0.25, -0.2) is 14.5 Å². The zero-order valence-electron chi connectivity index (χ0n) is 15.5. The molecule has 3 heterocycles. The molecule has 0 amide bonds. The highest BCUT2D eigenvalue weighted by Gasteiger charge is 2.32. The molecule has 0 atom stereocenters. The summed E-state index contributed by atoms with van der Waals surface area (Å²) in [5.74, 6) is 0.0365. The summed E-state index contributed by atoms with van der Waals surface area (Å²) in [6, 6.07) is 0. The predicted molar refractivity (Wildman–Crippen MR) is 101 cm³/mol. The van der Waals surface area contributed by atoms with Crippen LogP contribution in [-0.2, 0) is 6.54 Å². The Balaban J connectivity index is 1.59. The number of carboxylic acids is 1. The Hall–Kier alpha value is -2.97. The summed E-state index contributed by atoms with van der Waals surface area (Å²) in [6.07, 6.45) is 10.8. The molecule has 0 bridgehead atoms. The van der Waals surface area contributed by atoms with Gasteiger partial charge in [-0.15, -0.1) is 0 Å². The molecule has 2 aliphatic rings. The lowest BCUT2D eigenvalue weighted by molar-refractivity contribution is 0.0697. The van der Waals surface area contributed by atoms with Gasteiger partial charge in [0.15, 0.2) is 5.52 Å². The predicted octanol–water partition coefficient (Wildman–Crippen LogP) is 2.46. The minimum atomic E-state index is -1.08. The molecule has 2 N–H and O–H groups in total. The van der Waals surface area contributed by atoms with E-state index >= 15 is 0 Å². The molecular formula is C19H22N6O3. The van der Waals surface area contributed by atoms with Crippen molar-refractivity contribution in [3.05, 3.63) is 34.0 Å². The molecule has 28 heavy (non-hydrogen) atoms. The van der Waals surface area contributed by atoms with Gasteiger partial charge in [-0.1, -0.05) is 19.3 Å². The molecule has 3 aromatic rings. The number of rotatable bonds is 5. The maximum Gasteiger partial charge on any atom is 0.338 e. The number of carboxylic acid groups (broad SMARTS) is 1. The number of carbonyl (C=O) groups is 1. The average molecular weight is 382 g/mol. The minimum absolute atomic E-state index is 0.0400. The normalized spacial score (nSPS) is 18.0. The molecule has 9 nitrogen and oxygen atoms in total. The van der Waals surface area contributed by atoms with Crippen molar-refractivity contribution in [3.63, 3.8) is 0 Å². The van der Waals surface area contributed by atoms with Crippen molar-refractivity contribution in [1.82, 2.24) is 29.5 Å². The lowest BCUT2D eigenvalue weighted by atomic mass is 9.89. The number of nitrogens with zero attached hydrogens (tertiary/aromatic N) is 5. The maximum absolute atomic E-state index is 12.9. The van der Waals surface area contributed by atoms with Gasteiger partial charge in [-0.05, 0) is 31.6 Å². The molecular weight excluding hydrogens is 360 g/mol. The third kappa shape index (κ3) is 3.00. The summed E-state index contributed by atoms with van der Waals surface area (Å²) in [7, 11) is 0. The van der Waals surface area contributed by atoms with Crippen LogP contribution in [0.1, 0.15) is 66.9 Å². The van der Waals surface area contributed by atoms with Gasteiger partial charge in [0, 0.05) is 18.7 Å². The Morgan fingerprint density at radius 2 is 2.00 bits per heavy atom. The molecule has 146 valence electrons. The van der Waals surface area contributed by atoms with E-state index in [0.29, 0.717) is 22.9 Å². The highest BCUT2D eigenvalue weighted by molar-refractivity contribution is 5.87. The van der Waals surface area contributed by atoms with Gasteiger partial charge in [0.1, 0.15) is 5.52 Å². The number of H-pyrrole nitrogens is 1. The molecule has 0 radical (unpaired) electrons. The van der Waals surface area contributed by atoms with Crippen molar-refractivity contribution in [1.29, 1.82) is 0 Å². The van der Waals surface area contributed by atoms with E-state index in [1.807, 2.05) is 4.68 Å². The zero-order chi connectivity index (χ0) is 19.3. The minimum Gasteiger partial charge on any atom is -0.478 e. The van der Waals surface area contributed by atoms with Crippen LogP contribution in [0, 0.1) is 5.92 Å². The van der Waals surface area contributed by atoms with Gasteiger partial charge >= 0.3 is 5.97 Å². The van der Waals surface area contributed by atoms with Gasteiger partial charge in [0.05, 0.1) is 17.5 Å². The van der Waals surface area contributed by atoms with E-state index in [9.17, 15) is 9.59 Å². The first kappa shape index (κ1) is 17.2. The van der Waals surface area contributed by atoms with E-state index in [2.05, 4.69) is 15.1 Å². The molecule has 9 heteroatoms. The lowest BCUT2D eigenvalue weighted by Crippen LogP contribution is -2.20. The number of hydrogen-bond donors (Lipinski definition) is 2. The first-order valence-electron chi connectivity index (χ1n) is 9.89. The number of hydrogen-bond acceptors (Lipinski definition) is 5. The van der Waals surface area contributed by atoms with Crippen LogP contribution in [0.2, 0.25) is 0 Å². The second kappa shape index (κ2) is 6.57. The van der Waals surface area contributed by atoms with E-state index in [-0.39, 0.29) is 17.1 Å². The second-order valence-electron chi connectivity index (χ2n) is 7.91. The summed E-state index contributed by atoms with van der Waals surface area (Å²) >= 11 is 0. The van der Waals surface area contributed by atoms with E-state index in [4.69, 9.17) is 10.2 Å². The first-order valence-corrected chi connectivity index (χ1v) is 9.89. The van der Waals surface area contributed by atoms with Crippen molar-refractivity contribution in [2.75, 3.05) is 0 Å². The standard InChI is InChI=1S/C19H22N6O3/c26-17-16-15(21-19(22-17)25-10-13(8-20-25)18(27)28)14(12-6-7-12)23-24(16)9-11-4-2-1-3-5-11/h8,10-12H,1-7,9H2,(H,27,28)(H,21,22,26). The van der Waals surface area contributed by atoms with Gasteiger partial charge < -0.3 is 5.11 Å². The number of aromatic carboxylic acids is 1. The first-order chi connectivity index (χ1) is 13.6. The molecule has 2 fully saturated rings. The van der Waals surface area contributed by atoms with Crippen LogP contribution in [0.5, 0.6) is 0 Å². The number of nitrogens with one attached hydrogen (secondary N) is 1. The molecule has 0 unspecified atom stereocenters. The molecule has 3 aromatic heterocycles. The monoisotopic (exact) mass is 382 g/mol. The zero-order valence-corrected chi connectivity index (χ0v) is 15.5. The number of aromatic amines is 1. The SMILES string of the molecule is O=C(O)c1cnn(-c2nc3c(C4CC4)nn(CC4CCCCC4)c3c(=O)[nH]2)c1. The number of fused-ring (bicyclic) bond motifs is 1. The highest BCUT2D eigenvalue weighted by Crippen LogP contribution is 2.41. The molecule has 0 aromatic carbocycles. The van der Waals surface area contributed by atoms with Crippen molar-refractivity contribution < 1.29 is 9.90 Å². The van der Waals surface area contributed by atoms with Crippen molar-refractivity contribution in [2.24, 2.45) is 5.92 Å². The molecule has 2 aliphatic carbocycles. The van der Waals surface area contributed by atoms with Gasteiger partial charge in [-0.3, -0.25) is 14.5 Å². The fourth-order valence-corrected chi connectivity index (χ4v) is 4.14. The molecule has 0 spiro atoms. The van der Waals surface area contributed by atoms with Crippen molar-refractivity contribution in [3.8, 4) is 5.95 Å². The molecule has 2 saturated carbocycles. The van der Waals surface area contributed by atoms with E-state index in [1.165, 1.54) is 49.2 Å². The van der Waals surface area contributed by atoms with Crippen molar-refractivity contribution >= 4 is 17.0 Å². The van der Waals surface area contributed by atoms with Crippen LogP contribution in [0.4, 0.5) is 0 Å².